The first kappa shape index (κ1) is 15.4. The molecule has 0 amide bonds. The second kappa shape index (κ2) is 5.76. The van der Waals surface area contributed by atoms with Gasteiger partial charge in [0.1, 0.15) is 0 Å². The predicted molar refractivity (Wildman–Crippen MR) is 95.6 cm³/mol. The largest absolute Gasteiger partial charge is 0.358 e. The molecule has 0 spiro atoms. The van der Waals surface area contributed by atoms with Crippen molar-refractivity contribution in [2.75, 3.05) is 13.1 Å². The third kappa shape index (κ3) is 2.54. The van der Waals surface area contributed by atoms with E-state index in [0.717, 1.165) is 29.6 Å². The molecule has 0 radical (unpaired) electrons. The molecule has 2 aromatic carbocycles. The topological polar surface area (TPSA) is 53.2 Å². The molecule has 124 valence electrons. The van der Waals surface area contributed by atoms with Crippen LogP contribution in [0.25, 0.3) is 10.9 Å². The van der Waals surface area contributed by atoms with E-state index in [1.165, 1.54) is 10.9 Å². The third-order valence-corrected chi connectivity index (χ3v) is 6.70. The van der Waals surface area contributed by atoms with Gasteiger partial charge in [-0.3, -0.25) is 0 Å². The fourth-order valence-electron chi connectivity index (χ4n) is 3.44. The van der Waals surface area contributed by atoms with E-state index in [-0.39, 0.29) is 0 Å². The summed E-state index contributed by atoms with van der Waals surface area (Å²) in [5.74, 6) is 0. The number of benzene rings is 2. The van der Waals surface area contributed by atoms with Crippen LogP contribution in [0.1, 0.15) is 16.8 Å². The second-order valence-corrected chi connectivity index (χ2v) is 8.28. The Kier molecular flexibility index (Phi) is 3.70. The molecule has 0 aliphatic carbocycles. The summed E-state index contributed by atoms with van der Waals surface area (Å²) in [6.45, 7) is 2.99. The molecular formula is C19H20N2O2S. The van der Waals surface area contributed by atoms with Gasteiger partial charge >= 0.3 is 0 Å². The monoisotopic (exact) mass is 340 g/mol. The summed E-state index contributed by atoms with van der Waals surface area (Å²) >= 11 is 0. The van der Waals surface area contributed by atoms with E-state index in [9.17, 15) is 8.42 Å². The van der Waals surface area contributed by atoms with Crippen LogP contribution in [0, 0.1) is 6.92 Å². The Balaban J connectivity index is 1.64. The summed E-state index contributed by atoms with van der Waals surface area (Å²) in [5.41, 5.74) is 4.62. The fourth-order valence-corrected chi connectivity index (χ4v) is 4.88. The minimum absolute atomic E-state index is 0.378. The van der Waals surface area contributed by atoms with Gasteiger partial charge in [-0.15, -0.1) is 0 Å². The Morgan fingerprint density at radius 1 is 0.958 bits per heavy atom. The molecular weight excluding hydrogens is 320 g/mol. The zero-order valence-electron chi connectivity index (χ0n) is 13.6. The van der Waals surface area contributed by atoms with Crippen LogP contribution >= 0.6 is 0 Å². The molecule has 1 aromatic heterocycles. The number of sulfonamides is 1. The van der Waals surface area contributed by atoms with Gasteiger partial charge in [0, 0.05) is 36.1 Å². The molecule has 5 heteroatoms. The lowest BCUT2D eigenvalue weighted by Gasteiger charge is -2.20. The Hall–Kier alpha value is -2.11. The lowest BCUT2D eigenvalue weighted by Crippen LogP contribution is -2.33. The molecule has 0 fully saturated rings. The highest BCUT2D eigenvalue weighted by Gasteiger charge is 2.27. The van der Waals surface area contributed by atoms with Gasteiger partial charge in [-0.05, 0) is 37.1 Å². The van der Waals surface area contributed by atoms with E-state index >= 15 is 0 Å². The molecule has 4 rings (SSSR count). The van der Waals surface area contributed by atoms with Crippen molar-refractivity contribution in [1.82, 2.24) is 9.29 Å². The second-order valence-electron chi connectivity index (χ2n) is 6.34. The normalized spacial score (nSPS) is 16.0. The van der Waals surface area contributed by atoms with Crippen molar-refractivity contribution >= 4 is 20.9 Å². The molecule has 0 saturated heterocycles. The molecule has 24 heavy (non-hydrogen) atoms. The number of rotatable bonds is 2. The van der Waals surface area contributed by atoms with Crippen molar-refractivity contribution in [2.45, 2.75) is 24.7 Å². The number of aryl methyl sites for hydroxylation is 1. The zero-order valence-corrected chi connectivity index (χ0v) is 14.4. The predicted octanol–water partition coefficient (Wildman–Crippen LogP) is 3.27. The van der Waals surface area contributed by atoms with Gasteiger partial charge in [-0.2, -0.15) is 4.31 Å². The minimum Gasteiger partial charge on any atom is -0.358 e. The van der Waals surface area contributed by atoms with Crippen LogP contribution in [0.5, 0.6) is 0 Å². The maximum absolute atomic E-state index is 12.9. The average molecular weight is 340 g/mol. The highest BCUT2D eigenvalue weighted by molar-refractivity contribution is 7.89. The van der Waals surface area contributed by atoms with E-state index in [0.29, 0.717) is 18.0 Å². The summed E-state index contributed by atoms with van der Waals surface area (Å²) in [5, 5.41) is 1.21. The van der Waals surface area contributed by atoms with Crippen LogP contribution in [0.2, 0.25) is 0 Å². The van der Waals surface area contributed by atoms with Crippen LogP contribution in [0.15, 0.2) is 53.4 Å². The van der Waals surface area contributed by atoms with E-state index in [2.05, 4.69) is 17.1 Å². The number of para-hydroxylation sites is 1. The first-order valence-corrected chi connectivity index (χ1v) is 9.65. The Morgan fingerprint density at radius 3 is 2.46 bits per heavy atom. The summed E-state index contributed by atoms with van der Waals surface area (Å²) in [6.07, 6.45) is 1.46. The fraction of sp³-hybridized carbons (Fsp3) is 0.263. The number of aromatic nitrogens is 1. The number of aromatic amines is 1. The molecule has 2 heterocycles. The van der Waals surface area contributed by atoms with Crippen LogP contribution in [-0.2, 0) is 22.9 Å². The first-order valence-electron chi connectivity index (χ1n) is 8.21. The Morgan fingerprint density at radius 2 is 1.67 bits per heavy atom. The van der Waals surface area contributed by atoms with Crippen LogP contribution < -0.4 is 0 Å². The van der Waals surface area contributed by atoms with Gasteiger partial charge in [-0.1, -0.05) is 35.9 Å². The van der Waals surface area contributed by atoms with Crippen molar-refractivity contribution in [1.29, 1.82) is 0 Å². The van der Waals surface area contributed by atoms with Gasteiger partial charge in [0.2, 0.25) is 10.0 Å². The molecule has 0 saturated carbocycles. The maximum Gasteiger partial charge on any atom is 0.243 e. The average Bonchev–Trinajstić information content (AvgIpc) is 2.78. The van der Waals surface area contributed by atoms with Gasteiger partial charge in [0.25, 0.3) is 0 Å². The molecule has 1 aliphatic rings. The lowest BCUT2D eigenvalue weighted by atomic mass is 10.1. The zero-order chi connectivity index (χ0) is 16.7. The van der Waals surface area contributed by atoms with Crippen molar-refractivity contribution < 1.29 is 8.42 Å². The third-order valence-electron chi connectivity index (χ3n) is 4.78. The van der Waals surface area contributed by atoms with E-state index in [4.69, 9.17) is 0 Å². The molecule has 4 nitrogen and oxygen atoms in total. The summed E-state index contributed by atoms with van der Waals surface area (Å²) in [6, 6.07) is 15.3. The van der Waals surface area contributed by atoms with Crippen molar-refractivity contribution in [3.8, 4) is 0 Å². The molecule has 1 N–H and O–H groups in total. The van der Waals surface area contributed by atoms with Gasteiger partial charge < -0.3 is 4.98 Å². The van der Waals surface area contributed by atoms with Crippen molar-refractivity contribution in [3.63, 3.8) is 0 Å². The Bertz CT molecular complexity index is 988. The number of hydrogen-bond acceptors (Lipinski definition) is 2. The number of hydrogen-bond donors (Lipinski definition) is 1. The SMILES string of the molecule is Cc1ccc(S(=O)(=O)N2CCc3[nH]c4ccccc4c3CC2)cc1. The van der Waals surface area contributed by atoms with Crippen molar-refractivity contribution in [3.05, 3.63) is 65.4 Å². The van der Waals surface area contributed by atoms with Gasteiger partial charge in [0.15, 0.2) is 0 Å². The highest BCUT2D eigenvalue weighted by Crippen LogP contribution is 2.27. The van der Waals surface area contributed by atoms with Gasteiger partial charge in [0.05, 0.1) is 4.90 Å². The number of fused-ring (bicyclic) bond motifs is 3. The molecule has 0 bridgehead atoms. The van der Waals surface area contributed by atoms with E-state index < -0.39 is 10.0 Å². The first-order chi connectivity index (χ1) is 11.6. The quantitative estimate of drug-likeness (QED) is 0.778. The van der Waals surface area contributed by atoms with Crippen LogP contribution in [-0.4, -0.2) is 30.8 Å². The molecule has 0 atom stereocenters. The summed E-state index contributed by atoms with van der Waals surface area (Å²) < 4.78 is 27.4. The van der Waals surface area contributed by atoms with Gasteiger partial charge in [-0.25, -0.2) is 8.42 Å². The van der Waals surface area contributed by atoms with E-state index in [1.54, 1.807) is 16.4 Å². The number of nitrogens with zero attached hydrogens (tertiary/aromatic N) is 1. The standard InChI is InChI=1S/C19H20N2O2S/c1-14-6-8-15(9-7-14)24(22,23)21-12-10-17-16-4-2-3-5-18(16)20-19(17)11-13-21/h2-9,20H,10-13H2,1H3. The molecule has 0 unspecified atom stereocenters. The minimum atomic E-state index is -3.43. The number of nitrogens with one attached hydrogen (secondary N) is 1. The number of H-pyrrole nitrogens is 1. The maximum atomic E-state index is 12.9. The van der Waals surface area contributed by atoms with Crippen LogP contribution in [0.3, 0.4) is 0 Å². The molecule has 3 aromatic rings. The smallest absolute Gasteiger partial charge is 0.243 e. The van der Waals surface area contributed by atoms with E-state index in [1.807, 2.05) is 31.2 Å². The lowest BCUT2D eigenvalue weighted by molar-refractivity contribution is 0.426. The summed E-state index contributed by atoms with van der Waals surface area (Å²) in [7, 11) is -3.43. The van der Waals surface area contributed by atoms with Crippen LogP contribution in [0.4, 0.5) is 0 Å². The Labute approximate surface area is 142 Å². The molecule has 1 aliphatic heterocycles. The van der Waals surface area contributed by atoms with Crippen molar-refractivity contribution in [2.24, 2.45) is 0 Å². The highest BCUT2D eigenvalue weighted by atomic mass is 32.2. The summed E-state index contributed by atoms with van der Waals surface area (Å²) in [4.78, 5) is 3.83.